The number of rotatable bonds is 6. The van der Waals surface area contributed by atoms with E-state index in [9.17, 15) is 14.4 Å². The van der Waals surface area contributed by atoms with Crippen LogP contribution in [0.1, 0.15) is 13.3 Å². The highest BCUT2D eigenvalue weighted by Gasteiger charge is 2.12. The summed E-state index contributed by atoms with van der Waals surface area (Å²) in [5.74, 6) is -0.222. The molecule has 7 heteroatoms. The van der Waals surface area contributed by atoms with Crippen LogP contribution in [0.5, 0.6) is 0 Å². The van der Waals surface area contributed by atoms with E-state index in [0.29, 0.717) is 19.5 Å². The highest BCUT2D eigenvalue weighted by Crippen LogP contribution is 1.94. The van der Waals surface area contributed by atoms with Crippen LogP contribution in [0.3, 0.4) is 0 Å². The molecule has 0 aromatic carbocycles. The number of aliphatic hydroxyl groups is 1. The summed E-state index contributed by atoms with van der Waals surface area (Å²) in [5, 5.41) is 8.72. The molecule has 2 N–H and O–H groups in total. The van der Waals surface area contributed by atoms with Gasteiger partial charge in [0.15, 0.2) is 0 Å². The Morgan fingerprint density at radius 1 is 1.50 bits per heavy atom. The summed E-state index contributed by atoms with van der Waals surface area (Å²) in [7, 11) is 0. The van der Waals surface area contributed by atoms with E-state index < -0.39 is 11.2 Å². The van der Waals surface area contributed by atoms with Crippen LogP contribution >= 0.6 is 0 Å². The van der Waals surface area contributed by atoms with Crippen molar-refractivity contribution in [3.8, 4) is 0 Å². The molecule has 1 rings (SSSR count). The minimum atomic E-state index is -0.603. The smallest absolute Gasteiger partial charge is 0.328 e. The number of nitrogens with zero attached hydrogens (tertiary/aromatic N) is 2. The molecule has 0 radical (unpaired) electrons. The molecule has 0 atom stereocenters. The molecule has 0 saturated carbocycles. The van der Waals surface area contributed by atoms with Crippen LogP contribution in [0.15, 0.2) is 21.9 Å². The lowest BCUT2D eigenvalue weighted by Gasteiger charge is -2.20. The molecule has 1 amide bonds. The van der Waals surface area contributed by atoms with Gasteiger partial charge in [-0.1, -0.05) is 0 Å². The van der Waals surface area contributed by atoms with E-state index in [0.717, 1.165) is 4.57 Å². The molecule has 18 heavy (non-hydrogen) atoms. The van der Waals surface area contributed by atoms with Crippen molar-refractivity contribution in [2.24, 2.45) is 0 Å². The molecule has 1 aromatic heterocycles. The molecule has 0 aliphatic carbocycles. The molecular weight excluding hydrogens is 238 g/mol. The van der Waals surface area contributed by atoms with Gasteiger partial charge in [-0.15, -0.1) is 0 Å². The molecule has 0 bridgehead atoms. The fourth-order valence-corrected chi connectivity index (χ4v) is 1.54. The van der Waals surface area contributed by atoms with Gasteiger partial charge in [-0.05, 0) is 13.3 Å². The first kappa shape index (κ1) is 14.2. The molecule has 0 fully saturated rings. The van der Waals surface area contributed by atoms with Crippen molar-refractivity contribution in [2.75, 3.05) is 19.7 Å². The third-order valence-corrected chi connectivity index (χ3v) is 2.52. The molecule has 100 valence electrons. The molecule has 7 nitrogen and oxygen atoms in total. The second kappa shape index (κ2) is 6.75. The number of aliphatic hydroxyl groups excluding tert-OH is 1. The first-order valence-corrected chi connectivity index (χ1v) is 5.77. The molecule has 1 heterocycles. The van der Waals surface area contributed by atoms with Crippen LogP contribution in [0.25, 0.3) is 0 Å². The maximum absolute atomic E-state index is 11.9. The monoisotopic (exact) mass is 255 g/mol. The number of H-pyrrole nitrogens is 1. The average molecular weight is 255 g/mol. The normalized spacial score (nSPS) is 10.3. The minimum absolute atomic E-state index is 0.0163. The second-order valence-electron chi connectivity index (χ2n) is 3.79. The zero-order valence-corrected chi connectivity index (χ0v) is 10.3. The van der Waals surface area contributed by atoms with Crippen molar-refractivity contribution >= 4 is 5.91 Å². The summed E-state index contributed by atoms with van der Waals surface area (Å²) in [6.07, 6.45) is 1.79. The highest BCUT2D eigenvalue weighted by molar-refractivity contribution is 5.75. The number of carbonyl (C=O) groups excluding carboxylic acids is 1. The minimum Gasteiger partial charge on any atom is -0.396 e. The van der Waals surface area contributed by atoms with Crippen LogP contribution in [0.4, 0.5) is 0 Å². The van der Waals surface area contributed by atoms with Gasteiger partial charge in [0.05, 0.1) is 0 Å². The van der Waals surface area contributed by atoms with Gasteiger partial charge in [0.2, 0.25) is 5.91 Å². The number of hydrogen-bond acceptors (Lipinski definition) is 4. The van der Waals surface area contributed by atoms with Crippen molar-refractivity contribution in [3.63, 3.8) is 0 Å². The number of amides is 1. The lowest BCUT2D eigenvalue weighted by atomic mass is 10.3. The van der Waals surface area contributed by atoms with Crippen molar-refractivity contribution in [2.45, 2.75) is 19.9 Å². The molecule has 0 spiro atoms. The summed E-state index contributed by atoms with van der Waals surface area (Å²) < 4.78 is 1.14. The van der Waals surface area contributed by atoms with Crippen LogP contribution < -0.4 is 11.2 Å². The van der Waals surface area contributed by atoms with Crippen LogP contribution in [-0.4, -0.2) is 45.2 Å². The van der Waals surface area contributed by atoms with Gasteiger partial charge in [0, 0.05) is 32.0 Å². The van der Waals surface area contributed by atoms with Crippen molar-refractivity contribution in [1.82, 2.24) is 14.5 Å². The largest absolute Gasteiger partial charge is 0.396 e. The van der Waals surface area contributed by atoms with E-state index in [1.807, 2.05) is 6.92 Å². The van der Waals surface area contributed by atoms with Crippen LogP contribution in [0.2, 0.25) is 0 Å². The molecule has 0 aliphatic heterocycles. The standard InChI is InChI=1S/C11H17N3O4/c1-2-13(5-3-7-15)10(17)8-14-6-4-9(16)12-11(14)18/h4,6,15H,2-3,5,7-8H2,1H3,(H,12,16,18). The Kier molecular flexibility index (Phi) is 5.31. The maximum atomic E-state index is 11.9. The highest BCUT2D eigenvalue weighted by atomic mass is 16.3. The van der Waals surface area contributed by atoms with Crippen LogP contribution in [-0.2, 0) is 11.3 Å². The predicted molar refractivity (Wildman–Crippen MR) is 65.3 cm³/mol. The van der Waals surface area contributed by atoms with Crippen molar-refractivity contribution in [3.05, 3.63) is 33.1 Å². The second-order valence-corrected chi connectivity index (χ2v) is 3.79. The number of carbonyl (C=O) groups is 1. The average Bonchev–Trinajstić information content (AvgIpc) is 2.34. The van der Waals surface area contributed by atoms with E-state index in [-0.39, 0.29) is 19.1 Å². The molecule has 0 saturated heterocycles. The Hall–Kier alpha value is -1.89. The number of aromatic nitrogens is 2. The first-order valence-electron chi connectivity index (χ1n) is 5.77. The zero-order valence-electron chi connectivity index (χ0n) is 10.3. The van der Waals surface area contributed by atoms with Gasteiger partial charge >= 0.3 is 5.69 Å². The topological polar surface area (TPSA) is 95.4 Å². The summed E-state index contributed by atoms with van der Waals surface area (Å²) in [6, 6.07) is 1.19. The molecule has 0 aliphatic rings. The number of nitrogens with one attached hydrogen (secondary N) is 1. The Bertz CT molecular complexity index is 506. The van der Waals surface area contributed by atoms with E-state index >= 15 is 0 Å². The quantitative estimate of drug-likeness (QED) is 0.665. The Balaban J connectivity index is 2.73. The van der Waals surface area contributed by atoms with E-state index in [4.69, 9.17) is 5.11 Å². The van der Waals surface area contributed by atoms with Gasteiger partial charge < -0.3 is 10.0 Å². The Morgan fingerprint density at radius 2 is 2.22 bits per heavy atom. The first-order chi connectivity index (χ1) is 8.58. The Labute approximate surface area is 104 Å². The van der Waals surface area contributed by atoms with E-state index in [1.54, 1.807) is 4.90 Å². The van der Waals surface area contributed by atoms with Crippen molar-refractivity contribution in [1.29, 1.82) is 0 Å². The lowest BCUT2D eigenvalue weighted by molar-refractivity contribution is -0.131. The fourth-order valence-electron chi connectivity index (χ4n) is 1.54. The fraction of sp³-hybridized carbons (Fsp3) is 0.545. The van der Waals surface area contributed by atoms with Crippen molar-refractivity contribution < 1.29 is 9.90 Å². The summed E-state index contributed by atoms with van der Waals surface area (Å²) in [5.41, 5.74) is -1.09. The maximum Gasteiger partial charge on any atom is 0.328 e. The number of aromatic amines is 1. The van der Waals surface area contributed by atoms with E-state index in [1.165, 1.54) is 12.3 Å². The Morgan fingerprint density at radius 3 is 2.78 bits per heavy atom. The number of hydrogen-bond donors (Lipinski definition) is 2. The van der Waals surface area contributed by atoms with Gasteiger partial charge in [-0.3, -0.25) is 19.1 Å². The third kappa shape index (κ3) is 3.85. The van der Waals surface area contributed by atoms with Gasteiger partial charge in [0.25, 0.3) is 5.56 Å². The predicted octanol–water partition coefficient (Wildman–Crippen LogP) is -1.23. The van der Waals surface area contributed by atoms with Gasteiger partial charge in [0.1, 0.15) is 6.54 Å². The summed E-state index contributed by atoms with van der Waals surface area (Å²) >= 11 is 0. The summed E-state index contributed by atoms with van der Waals surface area (Å²) in [4.78, 5) is 37.8. The number of likely N-dealkylation sites (N-methyl/N-ethyl adjacent to an activating group) is 1. The molecule has 1 aromatic rings. The third-order valence-electron chi connectivity index (χ3n) is 2.52. The zero-order chi connectivity index (χ0) is 13.5. The van der Waals surface area contributed by atoms with Gasteiger partial charge in [-0.25, -0.2) is 4.79 Å². The van der Waals surface area contributed by atoms with Crippen LogP contribution in [0, 0.1) is 0 Å². The van der Waals surface area contributed by atoms with Gasteiger partial charge in [-0.2, -0.15) is 0 Å². The molecule has 0 unspecified atom stereocenters. The summed E-state index contributed by atoms with van der Waals surface area (Å²) in [6.45, 7) is 2.68. The lowest BCUT2D eigenvalue weighted by Crippen LogP contribution is -2.38. The SMILES string of the molecule is CCN(CCCO)C(=O)Cn1ccc(=O)[nH]c1=O. The molecular formula is C11H17N3O4. The van der Waals surface area contributed by atoms with E-state index in [2.05, 4.69) is 4.98 Å².